The third kappa shape index (κ3) is 3.77. The summed E-state index contributed by atoms with van der Waals surface area (Å²) >= 11 is 0. The molecule has 160 valence electrons. The second-order valence-corrected chi connectivity index (χ2v) is 8.13. The van der Waals surface area contributed by atoms with E-state index in [1.807, 2.05) is 50.2 Å². The maximum absolute atomic E-state index is 12.7. The maximum Gasteiger partial charge on any atom is 0.230 e. The minimum atomic E-state index is 0.0619. The van der Waals surface area contributed by atoms with Crippen LogP contribution in [0.5, 0.6) is 5.75 Å². The van der Waals surface area contributed by atoms with Gasteiger partial charge in [0.25, 0.3) is 0 Å². The Bertz CT molecular complexity index is 1330. The van der Waals surface area contributed by atoms with Crippen LogP contribution >= 0.6 is 0 Å². The quantitative estimate of drug-likeness (QED) is 0.507. The molecule has 0 saturated carbocycles. The third-order valence-electron chi connectivity index (χ3n) is 5.89. The van der Waals surface area contributed by atoms with Crippen LogP contribution in [0.3, 0.4) is 0 Å². The van der Waals surface area contributed by atoms with Crippen LogP contribution in [0.2, 0.25) is 0 Å². The first-order valence-electron chi connectivity index (χ1n) is 10.6. The van der Waals surface area contributed by atoms with Crippen molar-refractivity contribution in [3.8, 4) is 5.75 Å². The molecule has 1 atom stereocenters. The number of carbonyl (C=O) groups is 1. The van der Waals surface area contributed by atoms with Gasteiger partial charge in [-0.05, 0) is 55.5 Å². The Kier molecular flexibility index (Phi) is 5.01. The summed E-state index contributed by atoms with van der Waals surface area (Å²) in [4.78, 5) is 30.9. The predicted octanol–water partition coefficient (Wildman–Crippen LogP) is 4.70. The monoisotopic (exact) mass is 425 g/mol. The second-order valence-electron chi connectivity index (χ2n) is 8.13. The van der Waals surface area contributed by atoms with Crippen molar-refractivity contribution in [1.29, 1.82) is 0 Å². The van der Waals surface area contributed by atoms with Gasteiger partial charge in [-0.25, -0.2) is 19.9 Å². The van der Waals surface area contributed by atoms with Gasteiger partial charge >= 0.3 is 0 Å². The molecule has 1 N–H and O–H groups in total. The Morgan fingerprint density at radius 2 is 1.78 bits per heavy atom. The second kappa shape index (κ2) is 8.00. The van der Waals surface area contributed by atoms with Crippen LogP contribution in [0.1, 0.15) is 45.2 Å². The van der Waals surface area contributed by atoms with E-state index in [1.54, 1.807) is 13.3 Å². The molecule has 1 aliphatic rings. The van der Waals surface area contributed by atoms with E-state index in [9.17, 15) is 4.79 Å². The van der Waals surface area contributed by atoms with Gasteiger partial charge in [0.15, 0.2) is 5.78 Å². The highest BCUT2D eigenvalue weighted by molar-refractivity contribution is 5.98. The van der Waals surface area contributed by atoms with Gasteiger partial charge < -0.3 is 4.74 Å². The summed E-state index contributed by atoms with van der Waals surface area (Å²) < 4.78 is 5.24. The highest BCUT2D eigenvalue weighted by Gasteiger charge is 2.28. The van der Waals surface area contributed by atoms with E-state index < -0.39 is 0 Å². The number of hydrogen-bond donors (Lipinski definition) is 1. The van der Waals surface area contributed by atoms with Crippen molar-refractivity contribution in [3.05, 3.63) is 76.7 Å². The van der Waals surface area contributed by atoms with Gasteiger partial charge in [0.1, 0.15) is 5.75 Å². The molecule has 2 aromatic carbocycles. The number of aromatic nitrogens is 4. The zero-order valence-corrected chi connectivity index (χ0v) is 18.2. The molecular formula is C25H23N5O2. The lowest BCUT2D eigenvalue weighted by Gasteiger charge is -2.23. The van der Waals surface area contributed by atoms with Gasteiger partial charge in [0.2, 0.25) is 11.9 Å². The molecule has 1 aliphatic carbocycles. The van der Waals surface area contributed by atoms with Crippen molar-refractivity contribution in [2.75, 3.05) is 12.4 Å². The van der Waals surface area contributed by atoms with Crippen LogP contribution in [-0.4, -0.2) is 32.8 Å². The van der Waals surface area contributed by atoms with Gasteiger partial charge in [-0.1, -0.05) is 24.3 Å². The Morgan fingerprint density at radius 1 is 0.969 bits per heavy atom. The Balaban J connectivity index is 1.43. The van der Waals surface area contributed by atoms with Gasteiger partial charge in [-0.15, -0.1) is 0 Å². The molecular weight excluding hydrogens is 402 g/mol. The predicted molar refractivity (Wildman–Crippen MR) is 123 cm³/mol. The fourth-order valence-corrected chi connectivity index (χ4v) is 4.17. The van der Waals surface area contributed by atoms with E-state index in [2.05, 4.69) is 31.3 Å². The number of Topliss-reactive ketones (excluding diaryl/α,β-unsaturated/α-hetero) is 1. The number of ketones is 1. The minimum Gasteiger partial charge on any atom is -0.497 e. The molecule has 7 nitrogen and oxygen atoms in total. The molecule has 32 heavy (non-hydrogen) atoms. The number of ether oxygens (including phenoxy) is 1. The number of nitrogens with zero attached hydrogens (tertiary/aromatic N) is 4. The summed E-state index contributed by atoms with van der Waals surface area (Å²) in [5.74, 6) is 1.76. The average molecular weight is 425 g/mol. The summed E-state index contributed by atoms with van der Waals surface area (Å²) in [5, 5.41) is 4.13. The molecule has 0 amide bonds. The van der Waals surface area contributed by atoms with Crippen LogP contribution in [0.4, 0.5) is 11.9 Å². The molecule has 2 heterocycles. The number of benzene rings is 2. The Hall–Kier alpha value is -3.87. The number of hydrogen-bond acceptors (Lipinski definition) is 7. The lowest BCUT2D eigenvalue weighted by atomic mass is 9.82. The molecule has 0 bridgehead atoms. The fourth-order valence-electron chi connectivity index (χ4n) is 4.17. The maximum atomic E-state index is 12.7. The molecule has 7 heteroatoms. The number of methoxy groups -OCH3 is 1. The van der Waals surface area contributed by atoms with Gasteiger partial charge in [-0.2, -0.15) is 0 Å². The van der Waals surface area contributed by atoms with Crippen molar-refractivity contribution in [3.63, 3.8) is 0 Å². The highest BCUT2D eigenvalue weighted by Crippen LogP contribution is 2.33. The fraction of sp³-hybridized carbons (Fsp3) is 0.240. The number of aryl methyl sites for hydroxylation is 2. The Labute approximate surface area is 185 Å². The van der Waals surface area contributed by atoms with E-state index in [0.717, 1.165) is 39.2 Å². The normalized spacial score (nSPS) is 15.5. The molecule has 4 aromatic rings. The number of rotatable bonds is 4. The Morgan fingerprint density at radius 3 is 2.56 bits per heavy atom. The van der Waals surface area contributed by atoms with Gasteiger partial charge in [-0.3, -0.25) is 10.1 Å². The number of anilines is 2. The molecule has 0 unspecified atom stereocenters. The van der Waals surface area contributed by atoms with Crippen LogP contribution in [0, 0.1) is 13.8 Å². The van der Waals surface area contributed by atoms with Crippen LogP contribution in [-0.2, 0) is 6.42 Å². The van der Waals surface area contributed by atoms with Crippen LogP contribution < -0.4 is 10.1 Å². The third-order valence-corrected chi connectivity index (χ3v) is 5.89. The summed E-state index contributed by atoms with van der Waals surface area (Å²) in [7, 11) is 1.64. The van der Waals surface area contributed by atoms with Gasteiger partial charge in [0.05, 0.1) is 29.6 Å². The lowest BCUT2D eigenvalue weighted by Crippen LogP contribution is -2.21. The standard InChI is InChI=1S/C25H23N5O2/c1-14-4-9-19-15(2)27-25(29-21(19)10-14)30-24-26-13-20-22(28-24)11-17(12-23(20)31)16-5-7-18(32-3)8-6-16/h4-10,13,17H,11-12H2,1-3H3,(H,26,27,28,29,30)/t17-/m0/s1. The smallest absolute Gasteiger partial charge is 0.230 e. The number of carbonyl (C=O) groups excluding carboxylic acids is 1. The first-order chi connectivity index (χ1) is 15.5. The van der Waals surface area contributed by atoms with E-state index in [-0.39, 0.29) is 11.7 Å². The summed E-state index contributed by atoms with van der Waals surface area (Å²) in [6, 6.07) is 14.0. The molecule has 0 radical (unpaired) electrons. The molecule has 5 rings (SSSR count). The van der Waals surface area contributed by atoms with E-state index in [4.69, 9.17) is 4.74 Å². The zero-order valence-electron chi connectivity index (χ0n) is 18.2. The van der Waals surface area contributed by atoms with Crippen LogP contribution in [0.15, 0.2) is 48.7 Å². The van der Waals surface area contributed by atoms with E-state index in [1.165, 1.54) is 0 Å². The van der Waals surface area contributed by atoms with Gasteiger partial charge in [0, 0.05) is 18.0 Å². The summed E-state index contributed by atoms with van der Waals surface area (Å²) in [5.41, 5.74) is 5.31. The largest absolute Gasteiger partial charge is 0.497 e. The lowest BCUT2D eigenvalue weighted by molar-refractivity contribution is 0.0962. The van der Waals surface area contributed by atoms with Crippen molar-refractivity contribution in [1.82, 2.24) is 19.9 Å². The van der Waals surface area contributed by atoms with Crippen molar-refractivity contribution >= 4 is 28.6 Å². The number of fused-ring (bicyclic) bond motifs is 2. The van der Waals surface area contributed by atoms with Crippen LogP contribution in [0.25, 0.3) is 10.9 Å². The van der Waals surface area contributed by atoms with E-state index >= 15 is 0 Å². The topological polar surface area (TPSA) is 89.9 Å². The molecule has 0 fully saturated rings. The zero-order chi connectivity index (χ0) is 22.2. The molecule has 0 saturated heterocycles. The van der Waals surface area contributed by atoms with E-state index in [0.29, 0.717) is 30.3 Å². The summed E-state index contributed by atoms with van der Waals surface area (Å²) in [6.07, 6.45) is 2.72. The molecule has 0 spiro atoms. The van der Waals surface area contributed by atoms with Crippen molar-refractivity contribution in [2.45, 2.75) is 32.6 Å². The molecule has 2 aromatic heterocycles. The SMILES string of the molecule is COc1ccc([C@@H]2CC(=O)c3cnc(Nc4nc(C)c5ccc(C)cc5n4)nc3C2)cc1. The average Bonchev–Trinajstić information content (AvgIpc) is 2.78. The first kappa shape index (κ1) is 20.1. The first-order valence-corrected chi connectivity index (χ1v) is 10.6. The van der Waals surface area contributed by atoms with Crippen molar-refractivity contribution < 1.29 is 9.53 Å². The number of nitrogens with one attached hydrogen (secondary N) is 1. The highest BCUT2D eigenvalue weighted by atomic mass is 16.5. The minimum absolute atomic E-state index is 0.0619. The van der Waals surface area contributed by atoms with Crippen molar-refractivity contribution in [2.24, 2.45) is 0 Å². The summed E-state index contributed by atoms with van der Waals surface area (Å²) in [6.45, 7) is 3.99. The molecule has 0 aliphatic heterocycles.